The van der Waals surface area contributed by atoms with E-state index in [1.807, 2.05) is 15.8 Å². The van der Waals surface area contributed by atoms with E-state index in [9.17, 15) is 4.79 Å². The second-order valence-corrected chi connectivity index (χ2v) is 6.21. The van der Waals surface area contributed by atoms with Crippen molar-refractivity contribution in [3.05, 3.63) is 12.4 Å². The first kappa shape index (κ1) is 13.6. The molecular formula is C15H24N4O. The Morgan fingerprint density at radius 1 is 1.20 bits per heavy atom. The Bertz CT molecular complexity index is 425. The van der Waals surface area contributed by atoms with Crippen LogP contribution in [0.25, 0.3) is 0 Å². The molecule has 1 atom stereocenters. The molecule has 1 amide bonds. The third-order valence-electron chi connectivity index (χ3n) is 4.82. The molecule has 2 aliphatic rings. The molecule has 1 aliphatic heterocycles. The number of likely N-dealkylation sites (tertiary alicyclic amines) is 1. The maximum absolute atomic E-state index is 12.3. The zero-order valence-electron chi connectivity index (χ0n) is 12.1. The summed E-state index contributed by atoms with van der Waals surface area (Å²) in [7, 11) is 0. The van der Waals surface area contributed by atoms with Gasteiger partial charge in [-0.1, -0.05) is 37.3 Å². The molecule has 110 valence electrons. The van der Waals surface area contributed by atoms with Crippen LogP contribution < -0.4 is 0 Å². The van der Waals surface area contributed by atoms with Gasteiger partial charge in [0.2, 0.25) is 5.91 Å². The van der Waals surface area contributed by atoms with Crippen LogP contribution in [-0.4, -0.2) is 38.9 Å². The van der Waals surface area contributed by atoms with E-state index in [1.165, 1.54) is 32.1 Å². The summed E-state index contributed by atoms with van der Waals surface area (Å²) < 4.78 is 1.88. The molecule has 3 rings (SSSR count). The molecule has 0 spiro atoms. The maximum Gasteiger partial charge on any atom is 0.222 e. The highest BCUT2D eigenvalue weighted by molar-refractivity contribution is 5.76. The Morgan fingerprint density at radius 2 is 2.05 bits per heavy atom. The van der Waals surface area contributed by atoms with E-state index in [0.717, 1.165) is 38.3 Å². The van der Waals surface area contributed by atoms with Gasteiger partial charge in [-0.2, -0.15) is 0 Å². The summed E-state index contributed by atoms with van der Waals surface area (Å²) >= 11 is 0. The minimum Gasteiger partial charge on any atom is -0.340 e. The molecular weight excluding hydrogens is 252 g/mol. The predicted molar refractivity (Wildman–Crippen MR) is 76.1 cm³/mol. The van der Waals surface area contributed by atoms with E-state index in [1.54, 1.807) is 6.20 Å². The molecule has 5 nitrogen and oxygen atoms in total. The number of carbonyl (C=O) groups excluding carboxylic acids is 1. The zero-order chi connectivity index (χ0) is 13.8. The van der Waals surface area contributed by atoms with Crippen LogP contribution in [0.2, 0.25) is 0 Å². The average Bonchev–Trinajstić information content (AvgIpc) is 3.16. The van der Waals surface area contributed by atoms with Crippen LogP contribution in [0, 0.1) is 5.92 Å². The second-order valence-electron chi connectivity index (χ2n) is 6.21. The van der Waals surface area contributed by atoms with E-state index in [-0.39, 0.29) is 0 Å². The van der Waals surface area contributed by atoms with Gasteiger partial charge in [-0.05, 0) is 18.8 Å². The molecule has 20 heavy (non-hydrogen) atoms. The van der Waals surface area contributed by atoms with Crippen molar-refractivity contribution in [3.63, 3.8) is 0 Å². The third-order valence-corrected chi connectivity index (χ3v) is 4.82. The van der Waals surface area contributed by atoms with Gasteiger partial charge in [0.05, 0.1) is 12.2 Å². The Labute approximate surface area is 120 Å². The largest absolute Gasteiger partial charge is 0.340 e. The van der Waals surface area contributed by atoms with E-state index < -0.39 is 0 Å². The molecule has 1 aromatic rings. The second kappa shape index (κ2) is 6.37. The number of hydrogen-bond acceptors (Lipinski definition) is 3. The summed E-state index contributed by atoms with van der Waals surface area (Å²) in [6.45, 7) is 1.67. The summed E-state index contributed by atoms with van der Waals surface area (Å²) in [4.78, 5) is 14.3. The van der Waals surface area contributed by atoms with Crippen LogP contribution in [0.3, 0.4) is 0 Å². The first-order valence-corrected chi connectivity index (χ1v) is 7.96. The molecule has 2 heterocycles. The highest BCUT2D eigenvalue weighted by Gasteiger charge is 2.28. The van der Waals surface area contributed by atoms with Crippen LogP contribution >= 0.6 is 0 Å². The normalized spacial score (nSPS) is 24.2. The fraction of sp³-hybridized carbons (Fsp3) is 0.800. The van der Waals surface area contributed by atoms with Crippen LogP contribution in [0.4, 0.5) is 0 Å². The quantitative estimate of drug-likeness (QED) is 0.848. The Morgan fingerprint density at radius 3 is 2.80 bits per heavy atom. The lowest BCUT2D eigenvalue weighted by Gasteiger charge is -2.22. The highest BCUT2D eigenvalue weighted by Crippen LogP contribution is 2.28. The van der Waals surface area contributed by atoms with Gasteiger partial charge >= 0.3 is 0 Å². The van der Waals surface area contributed by atoms with E-state index in [2.05, 4.69) is 10.3 Å². The van der Waals surface area contributed by atoms with Crippen LogP contribution in [-0.2, 0) is 4.79 Å². The number of amides is 1. The van der Waals surface area contributed by atoms with Crippen LogP contribution in [0.15, 0.2) is 12.4 Å². The number of nitrogens with zero attached hydrogens (tertiary/aromatic N) is 4. The van der Waals surface area contributed by atoms with E-state index in [0.29, 0.717) is 11.9 Å². The van der Waals surface area contributed by atoms with Crippen molar-refractivity contribution in [2.24, 2.45) is 5.92 Å². The molecule has 0 radical (unpaired) electrons. The molecule has 0 bridgehead atoms. The summed E-state index contributed by atoms with van der Waals surface area (Å²) in [6.07, 6.45) is 13.2. The fourth-order valence-corrected chi connectivity index (χ4v) is 3.56. The highest BCUT2D eigenvalue weighted by atomic mass is 16.2. The van der Waals surface area contributed by atoms with Gasteiger partial charge in [-0.25, -0.2) is 4.68 Å². The molecule has 1 aromatic heterocycles. The van der Waals surface area contributed by atoms with Gasteiger partial charge in [0.1, 0.15) is 0 Å². The molecule has 1 saturated carbocycles. The summed E-state index contributed by atoms with van der Waals surface area (Å²) in [6, 6.07) is 0.316. The van der Waals surface area contributed by atoms with E-state index >= 15 is 0 Å². The van der Waals surface area contributed by atoms with Gasteiger partial charge in [0.15, 0.2) is 0 Å². The minimum atomic E-state index is 0.316. The van der Waals surface area contributed by atoms with Crippen molar-refractivity contribution < 1.29 is 4.79 Å². The molecule has 5 heteroatoms. The topological polar surface area (TPSA) is 51.0 Å². The first-order chi connectivity index (χ1) is 9.83. The summed E-state index contributed by atoms with van der Waals surface area (Å²) in [5.74, 6) is 1.12. The fourth-order valence-electron chi connectivity index (χ4n) is 3.56. The average molecular weight is 276 g/mol. The predicted octanol–water partition coefficient (Wildman–Crippen LogP) is 2.41. The van der Waals surface area contributed by atoms with Gasteiger partial charge in [0, 0.05) is 25.7 Å². The SMILES string of the molecule is O=C(CCC1CCCCC1)N1CC[C@H](n2ccnn2)C1. The zero-order valence-corrected chi connectivity index (χ0v) is 12.1. The Hall–Kier alpha value is -1.39. The number of rotatable bonds is 4. The summed E-state index contributed by atoms with van der Waals surface area (Å²) in [5, 5.41) is 7.88. The van der Waals surface area contributed by atoms with Crippen molar-refractivity contribution in [1.82, 2.24) is 19.9 Å². The smallest absolute Gasteiger partial charge is 0.222 e. The van der Waals surface area contributed by atoms with Crippen LogP contribution in [0.5, 0.6) is 0 Å². The number of hydrogen-bond donors (Lipinski definition) is 0. The van der Waals surface area contributed by atoms with Crippen molar-refractivity contribution in [3.8, 4) is 0 Å². The van der Waals surface area contributed by atoms with Gasteiger partial charge in [-0.3, -0.25) is 4.79 Å². The van der Waals surface area contributed by atoms with Gasteiger partial charge < -0.3 is 4.90 Å². The summed E-state index contributed by atoms with van der Waals surface area (Å²) in [5.41, 5.74) is 0. The maximum atomic E-state index is 12.3. The van der Waals surface area contributed by atoms with Crippen molar-refractivity contribution in [1.29, 1.82) is 0 Å². The lowest BCUT2D eigenvalue weighted by Crippen LogP contribution is -2.29. The molecule has 0 N–H and O–H groups in total. The lowest BCUT2D eigenvalue weighted by molar-refractivity contribution is -0.130. The number of aromatic nitrogens is 3. The monoisotopic (exact) mass is 276 g/mol. The van der Waals surface area contributed by atoms with E-state index in [4.69, 9.17) is 0 Å². The lowest BCUT2D eigenvalue weighted by atomic mass is 9.86. The third kappa shape index (κ3) is 3.19. The molecule has 0 aromatic carbocycles. The Balaban J connectivity index is 1.44. The molecule has 1 saturated heterocycles. The van der Waals surface area contributed by atoms with Crippen molar-refractivity contribution >= 4 is 5.91 Å². The van der Waals surface area contributed by atoms with Gasteiger partial charge in [-0.15, -0.1) is 5.10 Å². The van der Waals surface area contributed by atoms with Crippen molar-refractivity contribution in [2.75, 3.05) is 13.1 Å². The standard InChI is InChI=1S/C15H24N4O/c20-15(7-6-13-4-2-1-3-5-13)18-10-8-14(12-18)19-11-9-16-17-19/h9,11,13-14H,1-8,10,12H2/t14-/m0/s1. The number of carbonyl (C=O) groups is 1. The van der Waals surface area contributed by atoms with Crippen molar-refractivity contribution in [2.45, 2.75) is 57.4 Å². The van der Waals surface area contributed by atoms with Gasteiger partial charge in [0.25, 0.3) is 0 Å². The van der Waals surface area contributed by atoms with Crippen LogP contribution in [0.1, 0.15) is 57.4 Å². The molecule has 1 aliphatic carbocycles. The molecule has 2 fully saturated rings. The minimum absolute atomic E-state index is 0.316. The first-order valence-electron chi connectivity index (χ1n) is 7.96. The molecule has 0 unspecified atom stereocenters. The Kier molecular flexibility index (Phi) is 4.33.